The fourth-order valence-electron chi connectivity index (χ4n) is 1.53. The van der Waals surface area contributed by atoms with Crippen molar-refractivity contribution in [1.29, 1.82) is 0 Å². The van der Waals surface area contributed by atoms with Gasteiger partial charge in [-0.1, -0.05) is 30.4 Å². The molecule has 2 rings (SSSR count). The van der Waals surface area contributed by atoms with Gasteiger partial charge in [0.25, 0.3) is 6.47 Å². The van der Waals surface area contributed by atoms with Crippen LogP contribution in [0.2, 0.25) is 0 Å². The molecule has 66 valence electrons. The molecule has 1 aliphatic carbocycles. The predicted octanol–water partition coefficient (Wildman–Crippen LogP) is 1.93. The minimum atomic E-state index is 0.372. The number of allylic oxidation sites excluding steroid dienone is 1. The van der Waals surface area contributed by atoms with Crippen LogP contribution >= 0.6 is 0 Å². The lowest BCUT2D eigenvalue weighted by Gasteiger charge is -2.02. The Hall–Kier alpha value is -1.57. The van der Waals surface area contributed by atoms with Crippen LogP contribution in [0, 0.1) is 0 Å². The molecule has 2 nitrogen and oxygen atoms in total. The zero-order valence-corrected chi connectivity index (χ0v) is 7.19. The Morgan fingerprint density at radius 2 is 2.38 bits per heavy atom. The van der Waals surface area contributed by atoms with Crippen molar-refractivity contribution in [3.05, 3.63) is 41.0 Å². The Kier molecular flexibility index (Phi) is 2.13. The molecule has 0 saturated carbocycles. The van der Waals surface area contributed by atoms with E-state index in [9.17, 15) is 4.79 Å². The number of carbonyl (C=O) groups is 1. The fourth-order valence-corrected chi connectivity index (χ4v) is 1.53. The summed E-state index contributed by atoms with van der Waals surface area (Å²) in [6.07, 6.45) is 5.24. The van der Waals surface area contributed by atoms with E-state index in [1.165, 1.54) is 11.1 Å². The summed E-state index contributed by atoms with van der Waals surface area (Å²) in [6.45, 7) is 0.849. The molecule has 0 radical (unpaired) electrons. The standard InChI is InChI=1S/C11H10O2/c12-8-13-7-9-4-5-10-2-1-3-11(10)6-9/h1-2,4-6,8H,3,7H2. The van der Waals surface area contributed by atoms with Gasteiger partial charge in [0, 0.05) is 0 Å². The van der Waals surface area contributed by atoms with E-state index in [4.69, 9.17) is 0 Å². The number of rotatable bonds is 3. The van der Waals surface area contributed by atoms with Crippen LogP contribution in [-0.2, 0) is 22.6 Å². The zero-order valence-electron chi connectivity index (χ0n) is 7.19. The maximum Gasteiger partial charge on any atom is 0.293 e. The minimum absolute atomic E-state index is 0.372. The molecule has 0 spiro atoms. The highest BCUT2D eigenvalue weighted by atomic mass is 16.5. The van der Waals surface area contributed by atoms with Gasteiger partial charge in [-0.25, -0.2) is 0 Å². The second-order valence-corrected chi connectivity index (χ2v) is 3.05. The van der Waals surface area contributed by atoms with E-state index in [0.29, 0.717) is 13.1 Å². The van der Waals surface area contributed by atoms with Crippen molar-refractivity contribution >= 4 is 12.5 Å². The molecule has 0 bridgehead atoms. The summed E-state index contributed by atoms with van der Waals surface area (Å²) < 4.78 is 4.68. The average Bonchev–Trinajstić information content (AvgIpc) is 2.61. The van der Waals surface area contributed by atoms with Crippen LogP contribution in [0.25, 0.3) is 6.08 Å². The Balaban J connectivity index is 2.18. The molecule has 1 aromatic rings. The first-order valence-corrected chi connectivity index (χ1v) is 4.24. The van der Waals surface area contributed by atoms with Crippen molar-refractivity contribution in [3.63, 3.8) is 0 Å². The van der Waals surface area contributed by atoms with Crippen LogP contribution in [0.15, 0.2) is 24.3 Å². The molecule has 0 atom stereocenters. The minimum Gasteiger partial charge on any atom is -0.463 e. The van der Waals surface area contributed by atoms with Gasteiger partial charge in [0.15, 0.2) is 0 Å². The maximum absolute atomic E-state index is 9.98. The Labute approximate surface area is 76.8 Å². The fraction of sp³-hybridized carbons (Fsp3) is 0.182. The lowest BCUT2D eigenvalue weighted by Crippen LogP contribution is -1.92. The van der Waals surface area contributed by atoms with Crippen LogP contribution in [0.5, 0.6) is 0 Å². The molecule has 1 aliphatic rings. The first kappa shape index (κ1) is 8.05. The molecular weight excluding hydrogens is 164 g/mol. The summed E-state index contributed by atoms with van der Waals surface area (Å²) in [5, 5.41) is 0. The quantitative estimate of drug-likeness (QED) is 0.654. The van der Waals surface area contributed by atoms with Crippen LogP contribution in [0.1, 0.15) is 16.7 Å². The molecule has 0 saturated heterocycles. The Morgan fingerprint density at radius 1 is 1.46 bits per heavy atom. The number of benzene rings is 1. The van der Waals surface area contributed by atoms with Gasteiger partial charge in [0.05, 0.1) is 0 Å². The maximum atomic E-state index is 9.98. The number of hydrogen-bond donors (Lipinski definition) is 0. The second-order valence-electron chi connectivity index (χ2n) is 3.05. The summed E-state index contributed by atoms with van der Waals surface area (Å²) in [5.74, 6) is 0. The Bertz CT molecular complexity index is 353. The number of carbonyl (C=O) groups excluding carboxylic acids is 1. The number of ether oxygens (including phenoxy) is 1. The van der Waals surface area contributed by atoms with Gasteiger partial charge in [-0.05, 0) is 23.1 Å². The van der Waals surface area contributed by atoms with Gasteiger partial charge >= 0.3 is 0 Å². The third kappa shape index (κ3) is 1.61. The largest absolute Gasteiger partial charge is 0.463 e. The molecule has 0 amide bonds. The Morgan fingerprint density at radius 3 is 3.23 bits per heavy atom. The van der Waals surface area contributed by atoms with Gasteiger partial charge in [0.2, 0.25) is 0 Å². The summed E-state index contributed by atoms with van der Waals surface area (Å²) in [5.41, 5.74) is 3.64. The normalized spacial score (nSPS) is 12.6. The molecule has 0 heterocycles. The van der Waals surface area contributed by atoms with Gasteiger partial charge in [-0.2, -0.15) is 0 Å². The molecule has 0 N–H and O–H groups in total. The molecule has 0 aromatic heterocycles. The van der Waals surface area contributed by atoms with Crippen molar-refractivity contribution in [2.75, 3.05) is 0 Å². The van der Waals surface area contributed by atoms with Crippen LogP contribution in [-0.4, -0.2) is 6.47 Å². The van der Waals surface area contributed by atoms with Crippen molar-refractivity contribution in [3.8, 4) is 0 Å². The first-order chi connectivity index (χ1) is 6.40. The molecule has 0 aliphatic heterocycles. The summed E-state index contributed by atoms with van der Waals surface area (Å²) in [6, 6.07) is 6.12. The van der Waals surface area contributed by atoms with Crippen molar-refractivity contribution in [1.82, 2.24) is 0 Å². The van der Waals surface area contributed by atoms with Gasteiger partial charge in [-0.15, -0.1) is 0 Å². The van der Waals surface area contributed by atoms with Crippen LogP contribution in [0.3, 0.4) is 0 Å². The lowest BCUT2D eigenvalue weighted by atomic mass is 10.1. The van der Waals surface area contributed by atoms with E-state index in [1.54, 1.807) is 0 Å². The highest BCUT2D eigenvalue weighted by Gasteiger charge is 2.05. The lowest BCUT2D eigenvalue weighted by molar-refractivity contribution is -0.129. The summed E-state index contributed by atoms with van der Waals surface area (Å²) in [4.78, 5) is 9.98. The third-order valence-corrected chi connectivity index (χ3v) is 2.16. The molecular formula is C11H10O2. The molecule has 1 aromatic carbocycles. The van der Waals surface area contributed by atoms with E-state index in [1.807, 2.05) is 6.07 Å². The van der Waals surface area contributed by atoms with Crippen LogP contribution in [0.4, 0.5) is 0 Å². The molecule has 0 unspecified atom stereocenters. The highest BCUT2D eigenvalue weighted by Crippen LogP contribution is 2.20. The van der Waals surface area contributed by atoms with E-state index in [0.717, 1.165) is 12.0 Å². The van der Waals surface area contributed by atoms with Crippen molar-refractivity contribution in [2.45, 2.75) is 13.0 Å². The van der Waals surface area contributed by atoms with Gasteiger partial charge in [-0.3, -0.25) is 4.79 Å². The summed E-state index contributed by atoms with van der Waals surface area (Å²) >= 11 is 0. The molecule has 0 fully saturated rings. The monoisotopic (exact) mass is 174 g/mol. The molecule has 13 heavy (non-hydrogen) atoms. The van der Waals surface area contributed by atoms with E-state index in [-0.39, 0.29) is 0 Å². The van der Waals surface area contributed by atoms with E-state index < -0.39 is 0 Å². The summed E-state index contributed by atoms with van der Waals surface area (Å²) in [7, 11) is 0. The second kappa shape index (κ2) is 3.44. The third-order valence-electron chi connectivity index (χ3n) is 2.16. The zero-order chi connectivity index (χ0) is 9.10. The average molecular weight is 174 g/mol. The molecule has 2 heteroatoms. The highest BCUT2D eigenvalue weighted by molar-refractivity contribution is 5.60. The van der Waals surface area contributed by atoms with Crippen molar-refractivity contribution < 1.29 is 9.53 Å². The number of hydrogen-bond acceptors (Lipinski definition) is 2. The van der Waals surface area contributed by atoms with Gasteiger partial charge in [0.1, 0.15) is 6.61 Å². The van der Waals surface area contributed by atoms with Crippen LogP contribution < -0.4 is 0 Å². The number of fused-ring (bicyclic) bond motifs is 1. The topological polar surface area (TPSA) is 26.3 Å². The smallest absolute Gasteiger partial charge is 0.293 e. The van der Waals surface area contributed by atoms with E-state index >= 15 is 0 Å². The van der Waals surface area contributed by atoms with E-state index in [2.05, 4.69) is 29.0 Å². The van der Waals surface area contributed by atoms with Gasteiger partial charge < -0.3 is 4.74 Å². The first-order valence-electron chi connectivity index (χ1n) is 4.24. The predicted molar refractivity (Wildman–Crippen MR) is 50.0 cm³/mol. The SMILES string of the molecule is O=COCc1ccc2c(c1)CC=C2. The van der Waals surface area contributed by atoms with Crippen molar-refractivity contribution in [2.24, 2.45) is 0 Å².